The van der Waals surface area contributed by atoms with Gasteiger partial charge in [-0.05, 0) is 0 Å². The Morgan fingerprint density at radius 2 is 0.818 bits per heavy atom. The molecule has 0 aromatic rings. The molecule has 0 spiro atoms. The number of hydrogen-bond acceptors (Lipinski definition) is 4. The van der Waals surface area contributed by atoms with Crippen LogP contribution in [0.2, 0.25) is 0 Å². The minimum Gasteiger partial charge on any atom is -0.192 e. The van der Waals surface area contributed by atoms with Crippen LogP contribution in [0, 0.1) is 45.3 Å². The third-order valence-corrected chi connectivity index (χ3v) is 0.697. The van der Waals surface area contributed by atoms with Crippen LogP contribution in [0.3, 0.4) is 0 Å². The van der Waals surface area contributed by atoms with Gasteiger partial charge in [0.05, 0.1) is 0 Å². The van der Waals surface area contributed by atoms with E-state index in [0.29, 0.717) is 0 Å². The smallest absolute Gasteiger partial charge is 0.158 e. The van der Waals surface area contributed by atoms with Gasteiger partial charge in [-0.25, -0.2) is 0 Å². The van der Waals surface area contributed by atoms with Crippen LogP contribution >= 0.6 is 0 Å². The molecule has 0 heterocycles. The normalized spacial score (nSPS) is 5.09. The topological polar surface area (TPSA) is 95.2 Å². The molecule has 0 amide bonds. The maximum atomic E-state index is 8.13. The molecule has 0 rings (SSSR count). The van der Waals surface area contributed by atoms with Crippen LogP contribution in [-0.2, 0) is 16.5 Å². The van der Waals surface area contributed by atoms with Crippen LogP contribution in [0.1, 0.15) is 0 Å². The van der Waals surface area contributed by atoms with Gasteiger partial charge < -0.3 is 0 Å². The zero-order valence-corrected chi connectivity index (χ0v) is 6.09. The quantitative estimate of drug-likeness (QED) is 0.404. The van der Waals surface area contributed by atoms with E-state index in [4.69, 9.17) is 21.0 Å². The van der Waals surface area contributed by atoms with Gasteiger partial charge in [0, 0.05) is 16.5 Å². The first-order valence-electron chi connectivity index (χ1n) is 2.14. The summed E-state index contributed by atoms with van der Waals surface area (Å²) in [5, 5.41) is 32.5. The van der Waals surface area contributed by atoms with Crippen LogP contribution in [0.15, 0.2) is 11.1 Å². The Balaban J connectivity index is 0. The first kappa shape index (κ1) is 11.9. The molecule has 0 aliphatic heterocycles. The molecule has 54 valence electrons. The van der Waals surface area contributed by atoms with Crippen molar-refractivity contribution in [2.45, 2.75) is 0 Å². The Bertz CT molecular complexity index is 262. The molecule has 0 atom stereocenters. The van der Waals surface area contributed by atoms with Gasteiger partial charge in [0.2, 0.25) is 0 Å². The average molecular weight is 187 g/mol. The zero-order chi connectivity index (χ0) is 7.98. The van der Waals surface area contributed by atoms with Gasteiger partial charge in [0.15, 0.2) is 11.1 Å². The summed E-state index contributed by atoms with van der Waals surface area (Å²) in [6.07, 6.45) is 0. The van der Waals surface area contributed by atoms with Crippen LogP contribution in [0.5, 0.6) is 0 Å². The van der Waals surface area contributed by atoms with Crippen molar-refractivity contribution in [1.82, 2.24) is 0 Å². The van der Waals surface area contributed by atoms with Crippen molar-refractivity contribution < 1.29 is 16.5 Å². The third kappa shape index (κ3) is 3.02. The Morgan fingerprint density at radius 3 is 0.909 bits per heavy atom. The second-order valence-corrected chi connectivity index (χ2v) is 1.20. The summed E-state index contributed by atoms with van der Waals surface area (Å²) >= 11 is 0. The second-order valence-electron chi connectivity index (χ2n) is 1.20. The predicted octanol–water partition coefficient (Wildman–Crippen LogP) is 0.375. The van der Waals surface area contributed by atoms with E-state index in [-0.39, 0.29) is 16.5 Å². The molecule has 11 heavy (non-hydrogen) atoms. The van der Waals surface area contributed by atoms with E-state index in [9.17, 15) is 0 Å². The fourth-order valence-corrected chi connectivity index (χ4v) is 0.274. The van der Waals surface area contributed by atoms with Crippen molar-refractivity contribution in [1.29, 1.82) is 21.0 Å². The molecule has 5 heteroatoms. The van der Waals surface area contributed by atoms with Gasteiger partial charge in [-0.2, -0.15) is 21.0 Å². The minimum atomic E-state index is -0.440. The monoisotopic (exact) mass is 186 g/mol. The molecule has 0 radical (unpaired) electrons. The number of rotatable bonds is 0. The van der Waals surface area contributed by atoms with Crippen LogP contribution in [-0.4, -0.2) is 0 Å². The summed E-state index contributed by atoms with van der Waals surface area (Å²) in [4.78, 5) is 0. The van der Waals surface area contributed by atoms with Gasteiger partial charge in [0.25, 0.3) is 0 Å². The van der Waals surface area contributed by atoms with Gasteiger partial charge in [-0.3, -0.25) is 0 Å². The Hall–Kier alpha value is -1.81. The largest absolute Gasteiger partial charge is 0.192 e. The first-order chi connectivity index (χ1) is 4.79. The predicted molar refractivity (Wildman–Crippen MR) is 29.5 cm³/mol. The molecule has 0 aliphatic carbocycles. The maximum absolute atomic E-state index is 8.13. The molecule has 0 bridgehead atoms. The summed E-state index contributed by atoms with van der Waals surface area (Å²) in [5.74, 6) is 0. The molecular formula is C6N4Ni. The van der Waals surface area contributed by atoms with Gasteiger partial charge in [-0.1, -0.05) is 0 Å². The summed E-state index contributed by atoms with van der Waals surface area (Å²) < 4.78 is 0. The van der Waals surface area contributed by atoms with Gasteiger partial charge in [-0.15, -0.1) is 0 Å². The van der Waals surface area contributed by atoms with E-state index in [1.807, 2.05) is 0 Å². The molecule has 0 saturated heterocycles. The van der Waals surface area contributed by atoms with Crippen molar-refractivity contribution in [2.24, 2.45) is 0 Å². The van der Waals surface area contributed by atoms with E-state index in [1.165, 1.54) is 24.3 Å². The zero-order valence-electron chi connectivity index (χ0n) is 5.11. The number of nitriles is 4. The number of allylic oxidation sites excluding steroid dienone is 2. The molecule has 0 N–H and O–H groups in total. The van der Waals surface area contributed by atoms with Gasteiger partial charge in [0.1, 0.15) is 24.3 Å². The molecule has 0 aliphatic rings. The molecule has 4 nitrogen and oxygen atoms in total. The maximum Gasteiger partial charge on any atom is 0.158 e. The van der Waals surface area contributed by atoms with Crippen LogP contribution in [0.4, 0.5) is 0 Å². The Labute approximate surface area is 73.5 Å². The molecule has 0 fully saturated rings. The Kier molecular flexibility index (Phi) is 6.85. The van der Waals surface area contributed by atoms with E-state index in [0.717, 1.165) is 0 Å². The van der Waals surface area contributed by atoms with Crippen molar-refractivity contribution in [2.75, 3.05) is 0 Å². The molecule has 0 saturated carbocycles. The number of hydrogen-bond donors (Lipinski definition) is 0. The van der Waals surface area contributed by atoms with Crippen molar-refractivity contribution in [3.05, 3.63) is 11.1 Å². The van der Waals surface area contributed by atoms with E-state index >= 15 is 0 Å². The Morgan fingerprint density at radius 1 is 0.636 bits per heavy atom. The molecule has 0 aromatic carbocycles. The second kappa shape index (κ2) is 6.32. The van der Waals surface area contributed by atoms with E-state index in [1.54, 1.807) is 0 Å². The number of nitrogens with zero attached hydrogens (tertiary/aromatic N) is 4. The van der Waals surface area contributed by atoms with Crippen LogP contribution in [0.25, 0.3) is 0 Å². The summed E-state index contributed by atoms with van der Waals surface area (Å²) in [6, 6.07) is 5.71. The summed E-state index contributed by atoms with van der Waals surface area (Å²) in [6.45, 7) is 0. The third-order valence-electron chi connectivity index (χ3n) is 0.697. The summed E-state index contributed by atoms with van der Waals surface area (Å²) in [7, 11) is 0. The van der Waals surface area contributed by atoms with E-state index < -0.39 is 11.1 Å². The van der Waals surface area contributed by atoms with Crippen molar-refractivity contribution in [3.8, 4) is 24.3 Å². The average Bonchev–Trinajstić information content (AvgIpc) is 2.00. The molecule has 0 unspecified atom stereocenters. The fraction of sp³-hybridized carbons (Fsp3) is 0. The first-order valence-corrected chi connectivity index (χ1v) is 2.14. The van der Waals surface area contributed by atoms with E-state index in [2.05, 4.69) is 0 Å². The van der Waals surface area contributed by atoms with Crippen LogP contribution < -0.4 is 0 Å². The molecule has 0 aromatic heterocycles. The van der Waals surface area contributed by atoms with Crippen molar-refractivity contribution >= 4 is 0 Å². The summed E-state index contributed by atoms with van der Waals surface area (Å²) in [5.41, 5.74) is -0.880. The van der Waals surface area contributed by atoms with Crippen molar-refractivity contribution in [3.63, 3.8) is 0 Å². The molecular weight excluding hydrogens is 187 g/mol. The van der Waals surface area contributed by atoms with Gasteiger partial charge >= 0.3 is 0 Å². The SMILES string of the molecule is N#CC(C#N)=C(C#N)C#N.[Ni]. The fourth-order valence-electron chi connectivity index (χ4n) is 0.274. The minimum absolute atomic E-state index is 0. The standard InChI is InChI=1S/C6N4.Ni/c7-1-5(2-8)6(3-9)4-10;.